The maximum Gasteiger partial charge on any atom is 0.397 e. The van der Waals surface area contributed by atoms with Crippen LogP contribution >= 0.6 is 11.6 Å². The zero-order chi connectivity index (χ0) is 18.8. The molecular formula is C14H13ClF3N3O3S. The minimum Gasteiger partial charge on any atom is -0.340 e. The number of carbonyl (C=O) groups excluding carboxylic acids is 1. The molecule has 1 aromatic carbocycles. The molecule has 0 atom stereocenters. The van der Waals surface area contributed by atoms with Gasteiger partial charge >= 0.3 is 6.18 Å². The van der Waals surface area contributed by atoms with Crippen molar-refractivity contribution in [1.29, 1.82) is 5.26 Å². The van der Waals surface area contributed by atoms with E-state index in [2.05, 4.69) is 0 Å². The number of alkyl halides is 3. The van der Waals surface area contributed by atoms with E-state index < -0.39 is 28.5 Å². The summed E-state index contributed by atoms with van der Waals surface area (Å²) in [5.74, 6) is -1.08. The largest absolute Gasteiger partial charge is 0.397 e. The highest BCUT2D eigenvalue weighted by Gasteiger charge is 2.36. The monoisotopic (exact) mass is 395 g/mol. The number of carbonyl (C=O) groups is 1. The van der Waals surface area contributed by atoms with Gasteiger partial charge in [0.1, 0.15) is 12.5 Å². The molecule has 0 aliphatic carbocycles. The van der Waals surface area contributed by atoms with Crippen molar-refractivity contribution in [2.45, 2.75) is 17.5 Å². The van der Waals surface area contributed by atoms with Crippen LogP contribution in [0.2, 0.25) is 5.02 Å². The number of nitrogens with zero attached hydrogens (tertiary/aromatic N) is 3. The number of nitriles is 1. The van der Waals surface area contributed by atoms with Crippen LogP contribution in [0.3, 0.4) is 0 Å². The molecule has 0 spiro atoms. The van der Waals surface area contributed by atoms with Crippen LogP contribution in [-0.2, 0) is 14.8 Å². The van der Waals surface area contributed by atoms with Crippen molar-refractivity contribution in [1.82, 2.24) is 9.21 Å². The molecule has 0 aromatic heterocycles. The molecule has 1 saturated heterocycles. The lowest BCUT2D eigenvalue weighted by Gasteiger charge is -2.34. The predicted molar refractivity (Wildman–Crippen MR) is 82.2 cm³/mol. The molecule has 0 radical (unpaired) electrons. The van der Waals surface area contributed by atoms with Gasteiger partial charge in [-0.05, 0) is 18.2 Å². The summed E-state index contributed by atoms with van der Waals surface area (Å²) < 4.78 is 62.9. The fraction of sp³-hybridized carbons (Fsp3) is 0.429. The third-order valence-electron chi connectivity index (χ3n) is 3.64. The number of piperazine rings is 1. The molecule has 1 heterocycles. The maximum absolute atomic E-state index is 12.5. The van der Waals surface area contributed by atoms with Crippen molar-refractivity contribution in [3.8, 4) is 6.07 Å². The van der Waals surface area contributed by atoms with Gasteiger partial charge in [0.25, 0.3) is 0 Å². The normalized spacial score (nSPS) is 16.5. The number of benzene rings is 1. The quantitative estimate of drug-likeness (QED) is 0.783. The van der Waals surface area contributed by atoms with Crippen LogP contribution in [0.25, 0.3) is 0 Å². The molecule has 1 fully saturated rings. The standard InChI is InChI=1S/C14H13ClF3N3O3S/c15-12-7-11(2-1-10(12)9-19)25(23,24)21-5-3-20(4-6-21)13(22)8-14(16,17)18/h1-2,7H,3-6,8H2. The smallest absolute Gasteiger partial charge is 0.340 e. The van der Waals surface area contributed by atoms with Gasteiger partial charge in [-0.2, -0.15) is 22.7 Å². The van der Waals surface area contributed by atoms with Crippen LogP contribution < -0.4 is 0 Å². The summed E-state index contributed by atoms with van der Waals surface area (Å²) in [4.78, 5) is 12.4. The van der Waals surface area contributed by atoms with E-state index in [4.69, 9.17) is 16.9 Å². The van der Waals surface area contributed by atoms with Crippen LogP contribution in [0.1, 0.15) is 12.0 Å². The molecule has 0 N–H and O–H groups in total. The molecule has 6 nitrogen and oxygen atoms in total. The van der Waals surface area contributed by atoms with E-state index in [1.54, 1.807) is 0 Å². The van der Waals surface area contributed by atoms with Gasteiger partial charge in [0, 0.05) is 26.2 Å². The van der Waals surface area contributed by atoms with Gasteiger partial charge in [-0.3, -0.25) is 4.79 Å². The van der Waals surface area contributed by atoms with Crippen molar-refractivity contribution in [2.75, 3.05) is 26.2 Å². The Morgan fingerprint density at radius 3 is 2.32 bits per heavy atom. The molecule has 2 rings (SSSR count). The highest BCUT2D eigenvalue weighted by atomic mass is 35.5. The van der Waals surface area contributed by atoms with Crippen LogP contribution in [0, 0.1) is 11.3 Å². The summed E-state index contributed by atoms with van der Waals surface area (Å²) in [6.45, 7) is -0.497. The fourth-order valence-corrected chi connectivity index (χ4v) is 4.09. The Labute approximate surface area is 147 Å². The lowest BCUT2D eigenvalue weighted by Crippen LogP contribution is -2.51. The second-order valence-electron chi connectivity index (χ2n) is 5.33. The van der Waals surface area contributed by atoms with E-state index in [9.17, 15) is 26.4 Å². The molecule has 1 amide bonds. The molecular weight excluding hydrogens is 383 g/mol. The Bertz CT molecular complexity index is 813. The topological polar surface area (TPSA) is 81.5 Å². The third-order valence-corrected chi connectivity index (χ3v) is 5.85. The van der Waals surface area contributed by atoms with Crippen LogP contribution in [0.15, 0.2) is 23.1 Å². The third kappa shape index (κ3) is 4.62. The summed E-state index contributed by atoms with van der Waals surface area (Å²) in [7, 11) is -3.91. The van der Waals surface area contributed by atoms with Gasteiger partial charge in [0.15, 0.2) is 0 Å². The summed E-state index contributed by atoms with van der Waals surface area (Å²) in [5, 5.41) is 8.80. The number of halogens is 4. The summed E-state index contributed by atoms with van der Waals surface area (Å²) in [5.41, 5.74) is 0.128. The minimum absolute atomic E-state index is 0.0115. The number of rotatable bonds is 3. The Morgan fingerprint density at radius 1 is 1.24 bits per heavy atom. The molecule has 0 unspecified atom stereocenters. The average molecular weight is 396 g/mol. The van der Waals surface area contributed by atoms with Gasteiger partial charge in [0.2, 0.25) is 15.9 Å². The average Bonchev–Trinajstić information content (AvgIpc) is 2.53. The Morgan fingerprint density at radius 2 is 1.84 bits per heavy atom. The zero-order valence-electron chi connectivity index (χ0n) is 12.8. The molecule has 25 heavy (non-hydrogen) atoms. The molecule has 1 aliphatic rings. The second kappa shape index (κ2) is 7.19. The van der Waals surface area contributed by atoms with Gasteiger partial charge in [0.05, 0.1) is 15.5 Å². The number of sulfonamides is 1. The Hall–Kier alpha value is -1.83. The molecule has 11 heteroatoms. The minimum atomic E-state index is -4.60. The molecule has 0 bridgehead atoms. The first kappa shape index (κ1) is 19.5. The van der Waals surface area contributed by atoms with Crippen molar-refractivity contribution >= 4 is 27.5 Å². The van der Waals surface area contributed by atoms with E-state index in [1.165, 1.54) is 12.1 Å². The molecule has 1 aromatic rings. The SMILES string of the molecule is N#Cc1ccc(S(=O)(=O)N2CCN(C(=O)CC(F)(F)F)CC2)cc1Cl. The maximum atomic E-state index is 12.5. The van der Waals surface area contributed by atoms with Gasteiger partial charge in [-0.1, -0.05) is 11.6 Å². The Kier molecular flexibility index (Phi) is 5.61. The van der Waals surface area contributed by atoms with Gasteiger partial charge in [-0.25, -0.2) is 8.42 Å². The lowest BCUT2D eigenvalue weighted by atomic mass is 10.2. The molecule has 136 valence electrons. The second-order valence-corrected chi connectivity index (χ2v) is 7.68. The van der Waals surface area contributed by atoms with E-state index in [1.807, 2.05) is 6.07 Å². The van der Waals surface area contributed by atoms with Gasteiger partial charge < -0.3 is 4.90 Å². The van der Waals surface area contributed by atoms with E-state index in [0.717, 1.165) is 15.3 Å². The van der Waals surface area contributed by atoms with Gasteiger partial charge in [-0.15, -0.1) is 0 Å². The first-order chi connectivity index (χ1) is 11.5. The van der Waals surface area contributed by atoms with E-state index >= 15 is 0 Å². The van der Waals surface area contributed by atoms with Crippen molar-refractivity contribution in [3.63, 3.8) is 0 Å². The zero-order valence-corrected chi connectivity index (χ0v) is 14.3. The number of hydrogen-bond acceptors (Lipinski definition) is 4. The van der Waals surface area contributed by atoms with Crippen molar-refractivity contribution in [2.24, 2.45) is 0 Å². The van der Waals surface area contributed by atoms with Crippen LogP contribution in [-0.4, -0.2) is 55.9 Å². The highest BCUT2D eigenvalue weighted by molar-refractivity contribution is 7.89. The fourth-order valence-electron chi connectivity index (χ4n) is 2.36. The number of amides is 1. The number of hydrogen-bond donors (Lipinski definition) is 0. The van der Waals surface area contributed by atoms with Crippen LogP contribution in [0.5, 0.6) is 0 Å². The Balaban J connectivity index is 2.08. The summed E-state index contributed by atoms with van der Waals surface area (Å²) >= 11 is 5.84. The predicted octanol–water partition coefficient (Wildman–Crippen LogP) is 2.00. The summed E-state index contributed by atoms with van der Waals surface area (Å²) in [6.07, 6.45) is -6.16. The molecule has 1 aliphatic heterocycles. The highest BCUT2D eigenvalue weighted by Crippen LogP contribution is 2.25. The van der Waals surface area contributed by atoms with E-state index in [-0.39, 0.29) is 41.7 Å². The van der Waals surface area contributed by atoms with Crippen LogP contribution in [0.4, 0.5) is 13.2 Å². The molecule has 0 saturated carbocycles. The van der Waals surface area contributed by atoms with E-state index in [0.29, 0.717) is 0 Å². The first-order valence-electron chi connectivity index (χ1n) is 7.09. The van der Waals surface area contributed by atoms with Crippen molar-refractivity contribution in [3.05, 3.63) is 28.8 Å². The summed E-state index contributed by atoms with van der Waals surface area (Å²) in [6, 6.07) is 5.48. The first-order valence-corrected chi connectivity index (χ1v) is 8.91. The lowest BCUT2D eigenvalue weighted by molar-refractivity contribution is -0.162. The van der Waals surface area contributed by atoms with Crippen molar-refractivity contribution < 1.29 is 26.4 Å².